The number of carboxylic acids is 1. The highest BCUT2D eigenvalue weighted by Crippen LogP contribution is 2.24. The quantitative estimate of drug-likeness (QED) is 0.729. The average Bonchev–Trinajstić information content (AvgIpc) is 2.75. The molecule has 0 amide bonds. The Morgan fingerprint density at radius 2 is 2.20 bits per heavy atom. The minimum absolute atomic E-state index is 0.0471. The van der Waals surface area contributed by atoms with Gasteiger partial charge >= 0.3 is 5.97 Å². The van der Waals surface area contributed by atoms with Gasteiger partial charge in [-0.2, -0.15) is 5.10 Å². The molecule has 0 saturated carbocycles. The van der Waals surface area contributed by atoms with Crippen LogP contribution in [0.4, 0.5) is 5.69 Å². The second kappa shape index (κ2) is 5.10. The number of pyridine rings is 1. The molecule has 2 rings (SSSR count). The van der Waals surface area contributed by atoms with Crippen LogP contribution in [0, 0.1) is 6.92 Å². The molecule has 0 unspecified atom stereocenters. The Morgan fingerprint density at radius 1 is 1.50 bits per heavy atom. The number of rotatable bonds is 4. The number of nitrogens with one attached hydrogen (secondary N) is 2. The Balaban J connectivity index is 2.49. The van der Waals surface area contributed by atoms with Crippen molar-refractivity contribution in [3.63, 3.8) is 0 Å². The first kappa shape index (κ1) is 14.3. The predicted octanol–water partition coefficient (Wildman–Crippen LogP) is 1.27. The number of H-pyrrole nitrogens is 1. The number of aromatic nitrogens is 3. The molecule has 20 heavy (non-hydrogen) atoms. The van der Waals surface area contributed by atoms with Crippen molar-refractivity contribution in [2.45, 2.75) is 11.8 Å². The van der Waals surface area contributed by atoms with E-state index >= 15 is 0 Å². The van der Waals surface area contributed by atoms with E-state index in [1.807, 2.05) is 0 Å². The van der Waals surface area contributed by atoms with Crippen molar-refractivity contribution in [1.29, 1.82) is 0 Å². The average molecular weight is 317 g/mol. The van der Waals surface area contributed by atoms with Crippen LogP contribution in [0.5, 0.6) is 0 Å². The summed E-state index contributed by atoms with van der Waals surface area (Å²) in [7, 11) is -4.15. The highest BCUT2D eigenvalue weighted by molar-refractivity contribution is 7.92. The van der Waals surface area contributed by atoms with Gasteiger partial charge in [-0.3, -0.25) is 9.82 Å². The molecule has 3 N–H and O–H groups in total. The third-order valence-electron chi connectivity index (χ3n) is 2.37. The van der Waals surface area contributed by atoms with Crippen LogP contribution in [0.1, 0.15) is 16.2 Å². The fourth-order valence-corrected chi connectivity index (χ4v) is 3.17. The van der Waals surface area contributed by atoms with E-state index < -0.39 is 26.6 Å². The first-order chi connectivity index (χ1) is 9.33. The van der Waals surface area contributed by atoms with Gasteiger partial charge in [-0.1, -0.05) is 11.6 Å². The molecule has 0 spiro atoms. The van der Waals surface area contributed by atoms with E-state index in [4.69, 9.17) is 16.7 Å². The predicted molar refractivity (Wildman–Crippen MR) is 70.3 cm³/mol. The highest BCUT2D eigenvalue weighted by atomic mass is 35.5. The number of nitrogens with zero attached hydrogens (tertiary/aromatic N) is 2. The van der Waals surface area contributed by atoms with Crippen molar-refractivity contribution in [2.75, 3.05) is 4.72 Å². The third-order valence-corrected chi connectivity index (χ3v) is 4.19. The first-order valence-corrected chi connectivity index (χ1v) is 7.10. The number of sulfonamides is 1. The summed E-state index contributed by atoms with van der Waals surface area (Å²) in [6.07, 6.45) is 1.39. The zero-order valence-corrected chi connectivity index (χ0v) is 11.7. The lowest BCUT2D eigenvalue weighted by Gasteiger charge is -2.08. The minimum Gasteiger partial charge on any atom is -0.476 e. The molecule has 10 heteroatoms. The monoisotopic (exact) mass is 316 g/mol. The number of carbonyl (C=O) groups is 1. The maximum Gasteiger partial charge on any atom is 0.357 e. The lowest BCUT2D eigenvalue weighted by Crippen LogP contribution is -2.17. The van der Waals surface area contributed by atoms with E-state index in [1.54, 1.807) is 0 Å². The van der Waals surface area contributed by atoms with Gasteiger partial charge in [-0.15, -0.1) is 0 Å². The molecule has 2 heterocycles. The molecule has 0 aliphatic rings. The van der Waals surface area contributed by atoms with Crippen LogP contribution in [-0.2, 0) is 10.0 Å². The maximum atomic E-state index is 12.2. The van der Waals surface area contributed by atoms with Crippen LogP contribution in [0.3, 0.4) is 0 Å². The normalized spacial score (nSPS) is 11.3. The maximum absolute atomic E-state index is 12.2. The van der Waals surface area contributed by atoms with Gasteiger partial charge < -0.3 is 5.11 Å². The second-order valence-corrected chi connectivity index (χ2v) is 5.76. The molecule has 0 aromatic carbocycles. The van der Waals surface area contributed by atoms with Crippen molar-refractivity contribution >= 4 is 33.3 Å². The van der Waals surface area contributed by atoms with Crippen molar-refractivity contribution in [3.05, 3.63) is 34.9 Å². The summed E-state index contributed by atoms with van der Waals surface area (Å²) in [6.45, 7) is 1.40. The van der Waals surface area contributed by atoms with Crippen LogP contribution in [0.2, 0.25) is 5.15 Å². The van der Waals surface area contributed by atoms with Gasteiger partial charge in [0.2, 0.25) is 0 Å². The topological polar surface area (TPSA) is 125 Å². The molecule has 0 bridgehead atoms. The fourth-order valence-electron chi connectivity index (χ4n) is 1.55. The van der Waals surface area contributed by atoms with E-state index in [0.29, 0.717) is 0 Å². The lowest BCUT2D eigenvalue weighted by atomic mass is 10.4. The van der Waals surface area contributed by atoms with E-state index in [2.05, 4.69) is 19.9 Å². The summed E-state index contributed by atoms with van der Waals surface area (Å²) in [6, 6.07) is 2.90. The molecule has 2 aromatic rings. The Morgan fingerprint density at radius 3 is 2.80 bits per heavy atom. The van der Waals surface area contributed by atoms with Gasteiger partial charge in [-0.25, -0.2) is 18.2 Å². The number of halogens is 1. The number of aryl methyl sites for hydroxylation is 1. The number of anilines is 1. The summed E-state index contributed by atoms with van der Waals surface area (Å²) >= 11 is 5.76. The van der Waals surface area contributed by atoms with E-state index in [9.17, 15) is 13.2 Å². The fraction of sp³-hybridized carbons (Fsp3) is 0.100. The molecule has 0 aliphatic carbocycles. The van der Waals surface area contributed by atoms with E-state index in [0.717, 1.165) is 0 Å². The molecule has 0 fully saturated rings. The van der Waals surface area contributed by atoms with Gasteiger partial charge in [0, 0.05) is 6.20 Å². The minimum atomic E-state index is -4.15. The number of aromatic amines is 1. The van der Waals surface area contributed by atoms with Crippen LogP contribution in [0.25, 0.3) is 0 Å². The standard InChI is InChI=1S/C10H9ClN4O4S/c1-5-8(7(10(16)17)14-13-5)20(18,19)15-6-3-2-4-12-9(6)11/h2-4,15H,1H3,(H,13,14)(H,16,17). The van der Waals surface area contributed by atoms with Crippen molar-refractivity contribution in [1.82, 2.24) is 15.2 Å². The molecular formula is C10H9ClN4O4S. The van der Waals surface area contributed by atoms with Gasteiger partial charge in [0.1, 0.15) is 4.90 Å². The lowest BCUT2D eigenvalue weighted by molar-refractivity contribution is 0.0686. The Kier molecular flexibility index (Phi) is 3.64. The van der Waals surface area contributed by atoms with Gasteiger partial charge in [0.15, 0.2) is 10.8 Å². The van der Waals surface area contributed by atoms with Gasteiger partial charge in [-0.05, 0) is 19.1 Å². The smallest absolute Gasteiger partial charge is 0.357 e. The number of hydrogen-bond acceptors (Lipinski definition) is 5. The highest BCUT2D eigenvalue weighted by Gasteiger charge is 2.28. The van der Waals surface area contributed by atoms with Crippen molar-refractivity contribution in [2.24, 2.45) is 0 Å². The Hall–Kier alpha value is -2.13. The van der Waals surface area contributed by atoms with Crippen LogP contribution in [0.15, 0.2) is 23.2 Å². The van der Waals surface area contributed by atoms with E-state index in [-0.39, 0.29) is 16.5 Å². The van der Waals surface area contributed by atoms with Crippen molar-refractivity contribution < 1.29 is 18.3 Å². The van der Waals surface area contributed by atoms with Crippen LogP contribution < -0.4 is 4.72 Å². The summed E-state index contributed by atoms with van der Waals surface area (Å²) in [5.74, 6) is -1.45. The molecule has 106 valence electrons. The summed E-state index contributed by atoms with van der Waals surface area (Å²) in [5, 5.41) is 14.7. The van der Waals surface area contributed by atoms with E-state index in [1.165, 1.54) is 25.3 Å². The Bertz CT molecular complexity index is 771. The number of aromatic carboxylic acids is 1. The largest absolute Gasteiger partial charge is 0.476 e. The van der Waals surface area contributed by atoms with Gasteiger partial charge in [0.05, 0.1) is 11.4 Å². The SMILES string of the molecule is Cc1[nH]nc(C(=O)O)c1S(=O)(=O)Nc1cccnc1Cl. The van der Waals surface area contributed by atoms with Gasteiger partial charge in [0.25, 0.3) is 10.0 Å². The molecule has 0 aliphatic heterocycles. The third kappa shape index (κ3) is 2.58. The Labute approximate surface area is 118 Å². The first-order valence-electron chi connectivity index (χ1n) is 5.24. The summed E-state index contributed by atoms with van der Waals surface area (Å²) < 4.78 is 26.7. The summed E-state index contributed by atoms with van der Waals surface area (Å²) in [4.78, 5) is 14.3. The molecule has 2 aromatic heterocycles. The molecular weight excluding hydrogens is 308 g/mol. The van der Waals surface area contributed by atoms with Crippen molar-refractivity contribution in [3.8, 4) is 0 Å². The van der Waals surface area contributed by atoms with Crippen LogP contribution in [-0.4, -0.2) is 34.7 Å². The molecule has 0 saturated heterocycles. The zero-order chi connectivity index (χ0) is 14.9. The summed E-state index contributed by atoms with van der Waals surface area (Å²) in [5.41, 5.74) is -0.434. The molecule has 0 radical (unpaired) electrons. The molecule has 0 atom stereocenters. The second-order valence-electron chi connectivity index (χ2n) is 3.78. The molecule has 8 nitrogen and oxygen atoms in total. The van der Waals surface area contributed by atoms with Crippen LogP contribution >= 0.6 is 11.6 Å². The number of hydrogen-bond donors (Lipinski definition) is 3. The number of carboxylic acid groups (broad SMARTS) is 1. The zero-order valence-electron chi connectivity index (χ0n) is 10.1.